The van der Waals surface area contributed by atoms with Crippen LogP contribution in [0.2, 0.25) is 0 Å². The summed E-state index contributed by atoms with van der Waals surface area (Å²) < 4.78 is 5.44. The molecule has 1 saturated heterocycles. The molecule has 1 aliphatic rings. The van der Waals surface area contributed by atoms with Crippen molar-refractivity contribution in [1.82, 2.24) is 4.98 Å². The monoisotopic (exact) mass is 360 g/mol. The van der Waals surface area contributed by atoms with Crippen LogP contribution in [-0.4, -0.2) is 28.7 Å². The molecule has 136 valence electrons. The zero-order chi connectivity index (χ0) is 18.6. The summed E-state index contributed by atoms with van der Waals surface area (Å²) in [4.78, 5) is 16.8. The largest absolute Gasteiger partial charge is 0.506 e. The second-order valence-electron chi connectivity index (χ2n) is 6.50. The van der Waals surface area contributed by atoms with Crippen molar-refractivity contribution in [2.75, 3.05) is 11.9 Å². The number of nitrogens with one attached hydrogen (secondary N) is 1. The number of carbonyl (C=O) groups is 1. The van der Waals surface area contributed by atoms with E-state index in [2.05, 4.69) is 10.3 Å². The van der Waals surface area contributed by atoms with E-state index in [4.69, 9.17) is 4.74 Å². The van der Waals surface area contributed by atoms with Gasteiger partial charge in [0, 0.05) is 17.7 Å². The first-order valence-electron chi connectivity index (χ1n) is 8.99. The van der Waals surface area contributed by atoms with Crippen molar-refractivity contribution in [2.24, 2.45) is 0 Å². The van der Waals surface area contributed by atoms with Gasteiger partial charge in [0.1, 0.15) is 17.4 Å². The molecule has 0 bridgehead atoms. The van der Waals surface area contributed by atoms with E-state index in [9.17, 15) is 9.90 Å². The van der Waals surface area contributed by atoms with Gasteiger partial charge in [-0.1, -0.05) is 42.5 Å². The van der Waals surface area contributed by atoms with Crippen LogP contribution in [0.4, 0.5) is 5.69 Å². The number of para-hydroxylation sites is 2. The van der Waals surface area contributed by atoms with Crippen LogP contribution in [0.25, 0.3) is 23.1 Å². The van der Waals surface area contributed by atoms with Crippen LogP contribution in [0, 0.1) is 0 Å². The molecule has 1 aromatic heterocycles. The van der Waals surface area contributed by atoms with Crippen molar-refractivity contribution >= 4 is 34.6 Å². The van der Waals surface area contributed by atoms with Crippen molar-refractivity contribution in [3.05, 3.63) is 65.9 Å². The van der Waals surface area contributed by atoms with Crippen molar-refractivity contribution < 1.29 is 14.6 Å². The molecular weight excluding hydrogens is 340 g/mol. The zero-order valence-electron chi connectivity index (χ0n) is 14.8. The molecule has 0 spiro atoms. The number of hydrogen-bond acceptors (Lipinski definition) is 4. The minimum atomic E-state index is -0.368. The average Bonchev–Trinajstić information content (AvgIpc) is 3.23. The highest BCUT2D eigenvalue weighted by molar-refractivity contribution is 5.96. The molecule has 0 saturated carbocycles. The molecule has 2 N–H and O–H groups in total. The SMILES string of the molecule is O=C(Nc1ccccc1/C=C/c1ccc2cccc(O)c2n1)[C@H]1CCCO1. The first kappa shape index (κ1) is 17.2. The Kier molecular flexibility index (Phi) is 4.85. The van der Waals surface area contributed by atoms with E-state index in [-0.39, 0.29) is 17.8 Å². The number of pyridine rings is 1. The number of ether oxygens (including phenoxy) is 1. The molecule has 27 heavy (non-hydrogen) atoms. The lowest BCUT2D eigenvalue weighted by Crippen LogP contribution is -2.27. The molecule has 1 aliphatic heterocycles. The predicted octanol–water partition coefficient (Wildman–Crippen LogP) is 4.23. The van der Waals surface area contributed by atoms with Gasteiger partial charge in [-0.2, -0.15) is 0 Å². The van der Waals surface area contributed by atoms with Gasteiger partial charge in [-0.3, -0.25) is 4.79 Å². The van der Waals surface area contributed by atoms with Gasteiger partial charge in [-0.25, -0.2) is 4.98 Å². The highest BCUT2D eigenvalue weighted by Gasteiger charge is 2.23. The Bertz CT molecular complexity index is 1010. The summed E-state index contributed by atoms with van der Waals surface area (Å²) in [6.45, 7) is 0.639. The molecule has 5 heteroatoms. The maximum atomic E-state index is 12.3. The summed E-state index contributed by atoms with van der Waals surface area (Å²) in [6.07, 6.45) is 5.07. The van der Waals surface area contributed by atoms with Gasteiger partial charge in [0.2, 0.25) is 0 Å². The Morgan fingerprint density at radius 3 is 2.85 bits per heavy atom. The number of phenols is 1. The van der Waals surface area contributed by atoms with Crippen LogP contribution in [-0.2, 0) is 9.53 Å². The second-order valence-corrected chi connectivity index (χ2v) is 6.50. The number of anilines is 1. The van der Waals surface area contributed by atoms with E-state index in [1.165, 1.54) is 0 Å². The number of amides is 1. The molecule has 0 unspecified atom stereocenters. The molecule has 4 rings (SSSR count). The second kappa shape index (κ2) is 7.60. The van der Waals surface area contributed by atoms with E-state index < -0.39 is 0 Å². The van der Waals surface area contributed by atoms with E-state index in [0.717, 1.165) is 35.2 Å². The lowest BCUT2D eigenvalue weighted by Gasteiger charge is -2.12. The maximum Gasteiger partial charge on any atom is 0.253 e. The smallest absolute Gasteiger partial charge is 0.253 e. The van der Waals surface area contributed by atoms with E-state index >= 15 is 0 Å². The molecule has 5 nitrogen and oxygen atoms in total. The molecule has 3 aromatic rings. The van der Waals surface area contributed by atoms with Gasteiger partial charge in [0.25, 0.3) is 5.91 Å². The molecule has 2 heterocycles. The minimum absolute atomic E-state index is 0.109. The van der Waals surface area contributed by atoms with Crippen LogP contribution in [0.3, 0.4) is 0 Å². The van der Waals surface area contributed by atoms with Gasteiger partial charge >= 0.3 is 0 Å². The van der Waals surface area contributed by atoms with Crippen molar-refractivity contribution in [2.45, 2.75) is 18.9 Å². The Morgan fingerprint density at radius 1 is 1.11 bits per heavy atom. The summed E-state index contributed by atoms with van der Waals surface area (Å²) in [7, 11) is 0. The Labute approximate surface area is 157 Å². The standard InChI is InChI=1S/C22H20N2O3/c25-19-8-3-6-16-11-13-17(23-21(16)19)12-10-15-5-1-2-7-18(15)24-22(26)20-9-4-14-27-20/h1-3,5-8,10-13,20,25H,4,9,14H2,(H,24,26)/b12-10+/t20-/m1/s1. The molecule has 0 aliphatic carbocycles. The summed E-state index contributed by atoms with van der Waals surface area (Å²) in [5, 5.41) is 13.8. The number of hydrogen-bond donors (Lipinski definition) is 2. The first-order valence-corrected chi connectivity index (χ1v) is 8.99. The number of phenolic OH excluding ortho intramolecular Hbond substituents is 1. The fourth-order valence-electron chi connectivity index (χ4n) is 3.17. The fraction of sp³-hybridized carbons (Fsp3) is 0.182. The number of carbonyl (C=O) groups excluding carboxylic acids is 1. The lowest BCUT2D eigenvalue weighted by atomic mass is 10.1. The van der Waals surface area contributed by atoms with Gasteiger partial charge in [0.05, 0.1) is 5.69 Å². The molecule has 1 atom stereocenters. The number of aromatic nitrogens is 1. The third-order valence-corrected chi connectivity index (χ3v) is 4.59. The van der Waals surface area contributed by atoms with Gasteiger partial charge in [-0.05, 0) is 42.7 Å². The van der Waals surface area contributed by atoms with Crippen molar-refractivity contribution in [3.8, 4) is 5.75 Å². The number of aromatic hydroxyl groups is 1. The lowest BCUT2D eigenvalue weighted by molar-refractivity contribution is -0.124. The molecular formula is C22H20N2O3. The summed E-state index contributed by atoms with van der Waals surface area (Å²) in [5.74, 6) is 0.0501. The fourth-order valence-corrected chi connectivity index (χ4v) is 3.17. The Morgan fingerprint density at radius 2 is 2.00 bits per heavy atom. The van der Waals surface area contributed by atoms with Crippen molar-refractivity contribution in [1.29, 1.82) is 0 Å². The van der Waals surface area contributed by atoms with Crippen LogP contribution in [0.5, 0.6) is 5.75 Å². The third-order valence-electron chi connectivity index (χ3n) is 4.59. The maximum absolute atomic E-state index is 12.3. The van der Waals surface area contributed by atoms with E-state index in [1.807, 2.05) is 54.6 Å². The topological polar surface area (TPSA) is 71.5 Å². The zero-order valence-corrected chi connectivity index (χ0v) is 14.8. The Hall–Kier alpha value is -3.18. The van der Waals surface area contributed by atoms with Gasteiger partial charge in [-0.15, -0.1) is 0 Å². The van der Waals surface area contributed by atoms with E-state index in [0.29, 0.717) is 12.1 Å². The molecule has 1 fully saturated rings. The van der Waals surface area contributed by atoms with Gasteiger partial charge < -0.3 is 15.2 Å². The third kappa shape index (κ3) is 3.83. The first-order chi connectivity index (χ1) is 13.2. The molecule has 0 radical (unpaired) electrons. The molecule has 1 amide bonds. The highest BCUT2D eigenvalue weighted by Crippen LogP contribution is 2.24. The Balaban J connectivity index is 1.57. The van der Waals surface area contributed by atoms with E-state index in [1.54, 1.807) is 12.1 Å². The average molecular weight is 360 g/mol. The van der Waals surface area contributed by atoms with Crippen LogP contribution in [0.15, 0.2) is 54.6 Å². The highest BCUT2D eigenvalue weighted by atomic mass is 16.5. The summed E-state index contributed by atoms with van der Waals surface area (Å²) in [5.41, 5.74) is 2.91. The number of rotatable bonds is 4. The van der Waals surface area contributed by atoms with Crippen LogP contribution < -0.4 is 5.32 Å². The number of nitrogens with zero attached hydrogens (tertiary/aromatic N) is 1. The number of benzene rings is 2. The van der Waals surface area contributed by atoms with Gasteiger partial charge in [0.15, 0.2) is 0 Å². The van der Waals surface area contributed by atoms with Crippen molar-refractivity contribution in [3.63, 3.8) is 0 Å². The minimum Gasteiger partial charge on any atom is -0.506 e. The quantitative estimate of drug-likeness (QED) is 0.730. The van der Waals surface area contributed by atoms with Crippen LogP contribution >= 0.6 is 0 Å². The molecule has 2 aromatic carbocycles. The number of fused-ring (bicyclic) bond motifs is 1. The predicted molar refractivity (Wildman–Crippen MR) is 106 cm³/mol. The summed E-state index contributed by atoms with van der Waals surface area (Å²) in [6, 6.07) is 16.7. The normalized spacial score (nSPS) is 16.8. The van der Waals surface area contributed by atoms with Crippen LogP contribution in [0.1, 0.15) is 24.1 Å². The summed E-state index contributed by atoms with van der Waals surface area (Å²) >= 11 is 0.